The van der Waals surface area contributed by atoms with Gasteiger partial charge in [0.1, 0.15) is 18.0 Å². The Hall–Kier alpha value is -1.80. The number of carbonyl (C=O) groups is 2. The molecule has 0 bridgehead atoms. The van der Waals surface area contributed by atoms with Crippen LogP contribution in [-0.2, 0) is 19.1 Å². The van der Waals surface area contributed by atoms with E-state index in [1.54, 1.807) is 6.08 Å². The van der Waals surface area contributed by atoms with Crippen molar-refractivity contribution < 1.29 is 34.4 Å². The summed E-state index contributed by atoms with van der Waals surface area (Å²) >= 11 is 0. The third-order valence-corrected chi connectivity index (χ3v) is 7.18. The van der Waals surface area contributed by atoms with Gasteiger partial charge in [-0.3, -0.25) is 9.59 Å². The van der Waals surface area contributed by atoms with Crippen LogP contribution in [0.25, 0.3) is 0 Å². The van der Waals surface area contributed by atoms with Crippen LogP contribution in [-0.4, -0.2) is 63.2 Å². The number of epoxide rings is 1. The summed E-state index contributed by atoms with van der Waals surface area (Å²) in [5.74, 6) is -0.323. The maximum atomic E-state index is 12.5. The zero-order valence-corrected chi connectivity index (χ0v) is 22.0. The van der Waals surface area contributed by atoms with E-state index in [2.05, 4.69) is 13.0 Å². The molecule has 9 atom stereocenters. The van der Waals surface area contributed by atoms with Gasteiger partial charge in [0.05, 0.1) is 30.3 Å². The molecule has 1 fully saturated rings. The minimum Gasteiger partial charge on any atom is -0.457 e. The summed E-state index contributed by atoms with van der Waals surface area (Å²) in [6.45, 7) is 11.2. The lowest BCUT2D eigenvalue weighted by Crippen LogP contribution is -2.39. The normalized spacial score (nSPS) is 37.6. The van der Waals surface area contributed by atoms with Crippen molar-refractivity contribution in [2.24, 2.45) is 17.8 Å². The predicted molar refractivity (Wildman–Crippen MR) is 134 cm³/mol. The number of esters is 1. The summed E-state index contributed by atoms with van der Waals surface area (Å²) in [5.41, 5.74) is -0.569. The van der Waals surface area contributed by atoms with Crippen molar-refractivity contribution in [1.29, 1.82) is 0 Å². The number of aliphatic hydroxyl groups is 3. The number of aliphatic hydroxyl groups excluding tert-OH is 2. The van der Waals surface area contributed by atoms with Gasteiger partial charge in [0, 0.05) is 18.3 Å². The van der Waals surface area contributed by atoms with Gasteiger partial charge in [0.15, 0.2) is 0 Å². The van der Waals surface area contributed by atoms with Crippen LogP contribution >= 0.6 is 0 Å². The molecule has 0 radical (unpaired) electrons. The molecule has 3 N–H and O–H groups in total. The third-order valence-electron chi connectivity index (χ3n) is 7.18. The highest BCUT2D eigenvalue weighted by atomic mass is 16.6. The molecule has 0 amide bonds. The Bertz CT molecular complexity index is 812. The van der Waals surface area contributed by atoms with E-state index in [0.29, 0.717) is 6.42 Å². The lowest BCUT2D eigenvalue weighted by Gasteiger charge is -2.30. The molecule has 2 rings (SSSR count). The lowest BCUT2D eigenvalue weighted by molar-refractivity contribution is -0.151. The minimum absolute atomic E-state index is 0.0188. The van der Waals surface area contributed by atoms with Crippen molar-refractivity contribution in [3.63, 3.8) is 0 Å². The van der Waals surface area contributed by atoms with E-state index in [9.17, 15) is 24.9 Å². The Morgan fingerprint density at radius 2 is 1.97 bits per heavy atom. The first-order valence-corrected chi connectivity index (χ1v) is 12.8. The summed E-state index contributed by atoms with van der Waals surface area (Å²) < 4.78 is 11.4. The van der Waals surface area contributed by atoms with Gasteiger partial charge in [0.2, 0.25) is 0 Å². The Balaban J connectivity index is 2.05. The molecule has 35 heavy (non-hydrogen) atoms. The lowest BCUT2D eigenvalue weighted by atomic mass is 9.89. The van der Waals surface area contributed by atoms with Gasteiger partial charge in [-0.25, -0.2) is 0 Å². The van der Waals surface area contributed by atoms with Crippen molar-refractivity contribution in [3.05, 3.63) is 36.0 Å². The fourth-order valence-electron chi connectivity index (χ4n) is 4.52. The Labute approximate surface area is 209 Å². The molecule has 2 aliphatic heterocycles. The average Bonchev–Trinajstić information content (AvgIpc) is 3.56. The second-order valence-electron chi connectivity index (χ2n) is 10.6. The molecule has 0 aromatic carbocycles. The molecule has 7 nitrogen and oxygen atoms in total. The summed E-state index contributed by atoms with van der Waals surface area (Å²) in [7, 11) is 0. The topological polar surface area (TPSA) is 117 Å². The molecule has 0 spiro atoms. The van der Waals surface area contributed by atoms with E-state index in [-0.39, 0.29) is 55.0 Å². The number of hydrogen-bond donors (Lipinski definition) is 3. The maximum Gasteiger partial charge on any atom is 0.309 e. The molecule has 0 aromatic rings. The molecule has 7 heteroatoms. The second kappa shape index (κ2) is 12.9. The second-order valence-corrected chi connectivity index (χ2v) is 10.6. The van der Waals surface area contributed by atoms with Crippen LogP contribution in [0.2, 0.25) is 0 Å². The van der Waals surface area contributed by atoms with Crippen LogP contribution in [0.3, 0.4) is 0 Å². The quantitative estimate of drug-likeness (QED) is 0.205. The minimum atomic E-state index is -1.40. The van der Waals surface area contributed by atoms with Crippen molar-refractivity contribution in [3.8, 4) is 0 Å². The monoisotopic (exact) mass is 492 g/mol. The Kier molecular flexibility index (Phi) is 10.9. The van der Waals surface area contributed by atoms with Gasteiger partial charge < -0.3 is 24.8 Å². The first-order valence-electron chi connectivity index (χ1n) is 12.8. The zero-order chi connectivity index (χ0) is 26.3. The van der Waals surface area contributed by atoms with Gasteiger partial charge >= 0.3 is 5.97 Å². The van der Waals surface area contributed by atoms with Crippen LogP contribution in [0.15, 0.2) is 36.0 Å². The van der Waals surface area contributed by atoms with Crippen LogP contribution in [0, 0.1) is 17.8 Å². The first kappa shape index (κ1) is 29.4. The molecule has 198 valence electrons. The number of rotatable bonds is 8. The largest absolute Gasteiger partial charge is 0.457 e. The standard InChI is InChI=1S/C28H44O7/c1-7-22(30)20(5)27-23(34-27)15-17(2)9-8-10-18(3)26-19(4)11-12-24(31)28(6,33)14-13-21(29)16-25(32)35-26/h8-12,17,19-21,23-24,26-27,29,31,33H,7,13-16H2,1-6H3/b9-8+,12-11-,18-10+. The van der Waals surface area contributed by atoms with E-state index >= 15 is 0 Å². The van der Waals surface area contributed by atoms with E-state index < -0.39 is 29.9 Å². The Morgan fingerprint density at radius 3 is 2.63 bits per heavy atom. The van der Waals surface area contributed by atoms with Crippen molar-refractivity contribution in [2.45, 2.75) is 110 Å². The van der Waals surface area contributed by atoms with Crippen molar-refractivity contribution >= 4 is 11.8 Å². The molecule has 2 heterocycles. The van der Waals surface area contributed by atoms with Crippen molar-refractivity contribution in [1.82, 2.24) is 0 Å². The highest BCUT2D eigenvalue weighted by molar-refractivity contribution is 5.81. The van der Waals surface area contributed by atoms with E-state index in [4.69, 9.17) is 9.47 Å². The number of carbonyl (C=O) groups excluding carboxylic acids is 2. The number of allylic oxidation sites excluding steroid dienone is 3. The SMILES string of the molecule is CCC(=O)C(C)C1OC1CC(C)/C=C/C=C(\C)C1OC(=O)CC(O)CCC(C)(O)C(O)/C=C\C1C. The molecule has 0 aliphatic carbocycles. The van der Waals surface area contributed by atoms with Gasteiger partial charge in [-0.15, -0.1) is 0 Å². The number of cyclic esters (lactones) is 1. The molecule has 1 saturated heterocycles. The fraction of sp³-hybridized carbons (Fsp3) is 0.714. The molecule has 0 aromatic heterocycles. The third kappa shape index (κ3) is 8.98. The van der Waals surface area contributed by atoms with E-state index in [1.807, 2.05) is 39.8 Å². The number of ketones is 1. The fourth-order valence-corrected chi connectivity index (χ4v) is 4.52. The summed E-state index contributed by atoms with van der Waals surface area (Å²) in [6.07, 6.45) is 8.24. The molecular formula is C28H44O7. The molecule has 9 unspecified atom stereocenters. The number of hydrogen-bond acceptors (Lipinski definition) is 7. The Morgan fingerprint density at radius 1 is 1.29 bits per heavy atom. The van der Waals surface area contributed by atoms with Crippen LogP contribution in [0.1, 0.15) is 73.6 Å². The number of ether oxygens (including phenoxy) is 2. The maximum absolute atomic E-state index is 12.5. The highest BCUT2D eigenvalue weighted by Crippen LogP contribution is 2.35. The average molecular weight is 493 g/mol. The summed E-state index contributed by atoms with van der Waals surface area (Å²) in [5, 5.41) is 31.1. The smallest absolute Gasteiger partial charge is 0.309 e. The van der Waals surface area contributed by atoms with Gasteiger partial charge in [-0.2, -0.15) is 0 Å². The predicted octanol–water partition coefficient (Wildman–Crippen LogP) is 3.66. The van der Waals surface area contributed by atoms with Crippen LogP contribution < -0.4 is 0 Å². The van der Waals surface area contributed by atoms with Crippen LogP contribution in [0.4, 0.5) is 0 Å². The van der Waals surface area contributed by atoms with Gasteiger partial charge in [0.25, 0.3) is 0 Å². The molecule has 2 aliphatic rings. The highest BCUT2D eigenvalue weighted by Gasteiger charge is 2.45. The van der Waals surface area contributed by atoms with E-state index in [1.165, 1.54) is 13.0 Å². The first-order chi connectivity index (χ1) is 16.4. The summed E-state index contributed by atoms with van der Waals surface area (Å²) in [6, 6.07) is 0. The summed E-state index contributed by atoms with van der Waals surface area (Å²) in [4.78, 5) is 24.3. The number of Topliss-reactive ketones (excluding diaryl/α,β-unsaturated/α-hetero) is 1. The van der Waals surface area contributed by atoms with Crippen molar-refractivity contribution in [2.75, 3.05) is 0 Å². The van der Waals surface area contributed by atoms with Crippen LogP contribution in [0.5, 0.6) is 0 Å². The van der Waals surface area contributed by atoms with Gasteiger partial charge in [-0.05, 0) is 44.6 Å². The van der Waals surface area contributed by atoms with E-state index in [0.717, 1.165) is 12.0 Å². The molecule has 0 saturated carbocycles. The molecular weight excluding hydrogens is 448 g/mol. The van der Waals surface area contributed by atoms with Gasteiger partial charge in [-0.1, -0.05) is 58.1 Å². The zero-order valence-electron chi connectivity index (χ0n) is 22.0.